The Balaban J connectivity index is 1.45. The number of anilines is 2. The Kier molecular flexibility index (Phi) is 6.35. The predicted octanol–water partition coefficient (Wildman–Crippen LogP) is 11.3. The molecule has 0 fully saturated rings. The summed E-state index contributed by atoms with van der Waals surface area (Å²) in [4.78, 5) is 0. The molecule has 7 aromatic rings. The minimum atomic E-state index is 0.159. The van der Waals surface area contributed by atoms with E-state index in [1.807, 2.05) is 0 Å². The summed E-state index contributed by atoms with van der Waals surface area (Å²) in [5.41, 5.74) is 13.9. The third-order valence-corrected chi connectivity index (χ3v) is 8.86. The van der Waals surface area contributed by atoms with Gasteiger partial charge >= 0.3 is 0 Å². The lowest BCUT2D eigenvalue weighted by atomic mass is 9.76. The molecule has 8 rings (SSSR count). The van der Waals surface area contributed by atoms with Crippen LogP contribution in [0.1, 0.15) is 22.6 Å². The highest BCUT2D eigenvalue weighted by molar-refractivity contribution is 5.95. The van der Waals surface area contributed by atoms with Crippen LogP contribution >= 0.6 is 0 Å². The van der Waals surface area contributed by atoms with Crippen molar-refractivity contribution in [3.63, 3.8) is 0 Å². The molecule has 0 bridgehead atoms. The molecule has 204 valence electrons. The summed E-state index contributed by atoms with van der Waals surface area (Å²) in [5, 5.41) is 6.26. The fourth-order valence-corrected chi connectivity index (χ4v) is 6.89. The van der Waals surface area contributed by atoms with Crippen molar-refractivity contribution in [1.29, 1.82) is 0 Å². The summed E-state index contributed by atoms with van der Waals surface area (Å²) in [6, 6.07) is 59.8. The van der Waals surface area contributed by atoms with Gasteiger partial charge < -0.3 is 5.32 Å². The monoisotopic (exact) mass is 549 g/mol. The molecule has 1 aliphatic rings. The highest BCUT2D eigenvalue weighted by atomic mass is 14.9. The molecular weight excluding hydrogens is 518 g/mol. The van der Waals surface area contributed by atoms with Gasteiger partial charge in [0, 0.05) is 17.3 Å². The van der Waals surface area contributed by atoms with Gasteiger partial charge in [0.25, 0.3) is 0 Å². The Morgan fingerprint density at radius 1 is 0.395 bits per heavy atom. The molecule has 0 saturated heterocycles. The molecule has 0 aromatic heterocycles. The Hall–Kier alpha value is -5.40. The van der Waals surface area contributed by atoms with E-state index in [9.17, 15) is 0 Å². The van der Waals surface area contributed by atoms with Crippen molar-refractivity contribution in [3.05, 3.63) is 180 Å². The quantitative estimate of drug-likeness (QED) is 0.231. The molecule has 1 unspecified atom stereocenters. The summed E-state index contributed by atoms with van der Waals surface area (Å²) in [6.07, 6.45) is 0.902. The normalized spacial score (nSPS) is 13.7. The number of hydrogen-bond donors (Lipinski definition) is 1. The molecule has 0 saturated carbocycles. The van der Waals surface area contributed by atoms with E-state index >= 15 is 0 Å². The van der Waals surface area contributed by atoms with Crippen LogP contribution in [0.2, 0.25) is 0 Å². The van der Waals surface area contributed by atoms with E-state index in [2.05, 4.69) is 169 Å². The molecule has 1 atom stereocenters. The number of fused-ring (bicyclic) bond motifs is 8. The largest absolute Gasteiger partial charge is 0.356 e. The highest BCUT2D eigenvalue weighted by Gasteiger charge is 2.26. The fourth-order valence-electron chi connectivity index (χ4n) is 6.89. The Bertz CT molecular complexity index is 2080. The van der Waals surface area contributed by atoms with Crippen molar-refractivity contribution in [2.24, 2.45) is 0 Å². The third-order valence-electron chi connectivity index (χ3n) is 8.86. The van der Waals surface area contributed by atoms with Crippen LogP contribution < -0.4 is 5.32 Å². The van der Waals surface area contributed by atoms with E-state index in [1.165, 1.54) is 60.8 Å². The molecule has 1 heteroatoms. The van der Waals surface area contributed by atoms with Crippen molar-refractivity contribution >= 4 is 22.1 Å². The van der Waals surface area contributed by atoms with Crippen LogP contribution in [0.25, 0.3) is 44.2 Å². The lowest BCUT2D eigenvalue weighted by Gasteiger charge is -2.28. The zero-order valence-corrected chi connectivity index (χ0v) is 23.9. The van der Waals surface area contributed by atoms with Crippen LogP contribution in [-0.2, 0) is 6.42 Å². The summed E-state index contributed by atoms with van der Waals surface area (Å²) >= 11 is 0. The Morgan fingerprint density at radius 2 is 0.977 bits per heavy atom. The maximum Gasteiger partial charge on any atom is 0.0390 e. The van der Waals surface area contributed by atoms with Gasteiger partial charge in [0.05, 0.1) is 0 Å². The molecule has 0 spiro atoms. The summed E-state index contributed by atoms with van der Waals surface area (Å²) in [6.45, 7) is 0. The second-order valence-corrected chi connectivity index (χ2v) is 11.4. The molecule has 1 aliphatic carbocycles. The van der Waals surface area contributed by atoms with Gasteiger partial charge in [-0.1, -0.05) is 140 Å². The predicted molar refractivity (Wildman–Crippen MR) is 182 cm³/mol. The minimum Gasteiger partial charge on any atom is -0.356 e. The summed E-state index contributed by atoms with van der Waals surface area (Å²) in [5.74, 6) is 0.159. The maximum atomic E-state index is 3.67. The SMILES string of the molecule is c1ccc(Nc2ccc3c(c2)-c2ccccc2-c2ccccc2-c2ccccc2CC3c2cccc3ccccc23)cc1. The first kappa shape index (κ1) is 25.3. The molecule has 0 amide bonds. The molecule has 0 aliphatic heterocycles. The first-order valence-corrected chi connectivity index (χ1v) is 15.0. The molecule has 0 heterocycles. The van der Waals surface area contributed by atoms with Gasteiger partial charge in [0.2, 0.25) is 0 Å². The van der Waals surface area contributed by atoms with Gasteiger partial charge in [-0.2, -0.15) is 0 Å². The first-order chi connectivity index (χ1) is 21.3. The average molecular weight is 550 g/mol. The zero-order chi connectivity index (χ0) is 28.6. The molecule has 7 aromatic carbocycles. The highest BCUT2D eigenvalue weighted by Crippen LogP contribution is 2.47. The lowest BCUT2D eigenvalue weighted by molar-refractivity contribution is 0.815. The summed E-state index contributed by atoms with van der Waals surface area (Å²) in [7, 11) is 0. The van der Waals surface area contributed by atoms with Gasteiger partial charge in [0.15, 0.2) is 0 Å². The van der Waals surface area contributed by atoms with Crippen LogP contribution in [0.15, 0.2) is 164 Å². The van der Waals surface area contributed by atoms with Crippen molar-refractivity contribution in [1.82, 2.24) is 0 Å². The molecule has 43 heavy (non-hydrogen) atoms. The van der Waals surface area contributed by atoms with E-state index in [0.29, 0.717) is 0 Å². The van der Waals surface area contributed by atoms with E-state index in [-0.39, 0.29) is 5.92 Å². The van der Waals surface area contributed by atoms with Crippen LogP contribution in [0, 0.1) is 0 Å². The van der Waals surface area contributed by atoms with Crippen LogP contribution in [0.3, 0.4) is 0 Å². The Labute approximate surface area is 253 Å². The molecule has 1 nitrogen and oxygen atoms in total. The van der Waals surface area contributed by atoms with Crippen LogP contribution in [0.5, 0.6) is 0 Å². The van der Waals surface area contributed by atoms with E-state index in [1.54, 1.807) is 0 Å². The van der Waals surface area contributed by atoms with Crippen LogP contribution in [-0.4, -0.2) is 0 Å². The van der Waals surface area contributed by atoms with E-state index in [4.69, 9.17) is 0 Å². The standard InChI is InChI=1S/C42H31N/c1-2-16-31(17-3-1)43-32-25-26-40-41(36-24-12-15-29-13-4-6-18-33(29)36)27-30-14-5-7-19-34(30)35-20-8-9-21-37(35)38-22-10-11-23-39(38)42(40)28-32/h1-26,28,41,43H,27H2. The third kappa shape index (κ3) is 4.60. The van der Waals surface area contributed by atoms with Crippen molar-refractivity contribution < 1.29 is 0 Å². The van der Waals surface area contributed by atoms with Crippen LogP contribution in [0.4, 0.5) is 11.4 Å². The lowest BCUT2D eigenvalue weighted by Crippen LogP contribution is -2.10. The molecule has 0 radical (unpaired) electrons. The Morgan fingerprint density at radius 3 is 1.74 bits per heavy atom. The topological polar surface area (TPSA) is 12.0 Å². The van der Waals surface area contributed by atoms with Crippen molar-refractivity contribution in [2.45, 2.75) is 12.3 Å². The first-order valence-electron chi connectivity index (χ1n) is 15.0. The number of rotatable bonds is 3. The zero-order valence-electron chi connectivity index (χ0n) is 23.9. The number of benzene rings is 7. The van der Waals surface area contributed by atoms with Gasteiger partial charge in [-0.25, -0.2) is 0 Å². The van der Waals surface area contributed by atoms with Gasteiger partial charge in [-0.15, -0.1) is 0 Å². The second kappa shape index (κ2) is 10.8. The van der Waals surface area contributed by atoms with Crippen molar-refractivity contribution in [3.8, 4) is 33.4 Å². The van der Waals surface area contributed by atoms with E-state index in [0.717, 1.165) is 17.8 Å². The van der Waals surface area contributed by atoms with Gasteiger partial charge in [0.1, 0.15) is 0 Å². The number of nitrogens with one attached hydrogen (secondary N) is 1. The van der Waals surface area contributed by atoms with Crippen molar-refractivity contribution in [2.75, 3.05) is 5.32 Å². The summed E-state index contributed by atoms with van der Waals surface area (Å²) < 4.78 is 0. The fraction of sp³-hybridized carbons (Fsp3) is 0.0476. The molecular formula is C42H31N. The number of para-hydroxylation sites is 1. The molecule has 1 N–H and O–H groups in total. The van der Waals surface area contributed by atoms with Gasteiger partial charge in [-0.3, -0.25) is 0 Å². The van der Waals surface area contributed by atoms with E-state index < -0.39 is 0 Å². The minimum absolute atomic E-state index is 0.159. The average Bonchev–Trinajstić information content (AvgIpc) is 3.08. The second-order valence-electron chi connectivity index (χ2n) is 11.4. The van der Waals surface area contributed by atoms with Gasteiger partial charge in [-0.05, 0) is 91.5 Å². The smallest absolute Gasteiger partial charge is 0.0390 e. The maximum absolute atomic E-state index is 3.67. The number of hydrogen-bond acceptors (Lipinski definition) is 1.